The van der Waals surface area contributed by atoms with Gasteiger partial charge in [-0.05, 0) is 19.3 Å². The number of esters is 1. The Hall–Kier alpha value is -0.570. The van der Waals surface area contributed by atoms with Gasteiger partial charge < -0.3 is 10.5 Å². The fourth-order valence-corrected chi connectivity index (χ4v) is 1.39. The first-order chi connectivity index (χ1) is 5.61. The highest BCUT2D eigenvalue weighted by molar-refractivity contribution is 5.71. The summed E-state index contributed by atoms with van der Waals surface area (Å²) in [5.41, 5.74) is 5.75. The smallest absolute Gasteiger partial charge is 0.308 e. The quantitative estimate of drug-likeness (QED) is 0.632. The predicted octanol–water partition coefficient (Wildman–Crippen LogP) is 1.07. The standard InChI is InChI=1S/C9H17NO2/c1-6(2)9(11)12-8-5-3-4-7(8)10/h6-8H,3-5,10H2,1-2H3. The van der Waals surface area contributed by atoms with E-state index >= 15 is 0 Å². The Labute approximate surface area is 73.3 Å². The number of ether oxygens (including phenoxy) is 1. The maximum atomic E-state index is 11.2. The minimum absolute atomic E-state index is 0.0279. The third kappa shape index (κ3) is 2.21. The van der Waals surface area contributed by atoms with E-state index in [1.54, 1.807) is 0 Å². The molecule has 1 aliphatic carbocycles. The van der Waals surface area contributed by atoms with Crippen molar-refractivity contribution < 1.29 is 9.53 Å². The van der Waals surface area contributed by atoms with Crippen molar-refractivity contribution in [3.63, 3.8) is 0 Å². The van der Waals surface area contributed by atoms with E-state index in [4.69, 9.17) is 10.5 Å². The fraction of sp³-hybridized carbons (Fsp3) is 0.889. The van der Waals surface area contributed by atoms with Crippen molar-refractivity contribution in [3.8, 4) is 0 Å². The molecule has 0 spiro atoms. The molecule has 1 fully saturated rings. The first-order valence-corrected chi connectivity index (χ1v) is 4.57. The molecule has 1 aliphatic rings. The van der Waals surface area contributed by atoms with Crippen molar-refractivity contribution in [2.75, 3.05) is 0 Å². The second-order valence-electron chi connectivity index (χ2n) is 3.72. The molecule has 0 bridgehead atoms. The van der Waals surface area contributed by atoms with Crippen LogP contribution in [0.2, 0.25) is 0 Å². The van der Waals surface area contributed by atoms with Crippen LogP contribution in [0.25, 0.3) is 0 Å². The first kappa shape index (κ1) is 9.52. The van der Waals surface area contributed by atoms with Crippen molar-refractivity contribution in [3.05, 3.63) is 0 Å². The summed E-state index contributed by atoms with van der Waals surface area (Å²) in [7, 11) is 0. The number of hydrogen-bond acceptors (Lipinski definition) is 3. The molecular formula is C9H17NO2. The summed E-state index contributed by atoms with van der Waals surface area (Å²) in [6.45, 7) is 3.67. The van der Waals surface area contributed by atoms with Crippen LogP contribution in [-0.4, -0.2) is 18.1 Å². The Kier molecular flexibility index (Phi) is 3.09. The lowest BCUT2D eigenvalue weighted by molar-refractivity contribution is -0.153. The van der Waals surface area contributed by atoms with Crippen LogP contribution >= 0.6 is 0 Å². The number of carbonyl (C=O) groups excluding carboxylic acids is 1. The lowest BCUT2D eigenvalue weighted by Gasteiger charge is -2.17. The monoisotopic (exact) mass is 171 g/mol. The largest absolute Gasteiger partial charge is 0.461 e. The number of nitrogens with two attached hydrogens (primary N) is 1. The van der Waals surface area contributed by atoms with E-state index in [9.17, 15) is 4.79 Å². The summed E-state index contributed by atoms with van der Waals surface area (Å²) in [4.78, 5) is 11.2. The lowest BCUT2D eigenvalue weighted by atomic mass is 10.2. The van der Waals surface area contributed by atoms with Gasteiger partial charge in [0.15, 0.2) is 0 Å². The molecule has 2 N–H and O–H groups in total. The van der Waals surface area contributed by atoms with Crippen molar-refractivity contribution in [1.29, 1.82) is 0 Å². The zero-order valence-corrected chi connectivity index (χ0v) is 7.75. The van der Waals surface area contributed by atoms with Gasteiger partial charge in [-0.2, -0.15) is 0 Å². The normalized spacial score (nSPS) is 29.3. The molecule has 0 aromatic rings. The van der Waals surface area contributed by atoms with Gasteiger partial charge in [-0.1, -0.05) is 13.8 Å². The molecule has 0 aliphatic heterocycles. The summed E-state index contributed by atoms with van der Waals surface area (Å²) in [5, 5.41) is 0. The van der Waals surface area contributed by atoms with E-state index in [0.717, 1.165) is 19.3 Å². The molecule has 12 heavy (non-hydrogen) atoms. The second-order valence-corrected chi connectivity index (χ2v) is 3.72. The zero-order valence-electron chi connectivity index (χ0n) is 7.75. The molecule has 0 heterocycles. The highest BCUT2D eigenvalue weighted by Gasteiger charge is 2.27. The third-order valence-corrected chi connectivity index (χ3v) is 2.24. The van der Waals surface area contributed by atoms with Crippen LogP contribution in [0.1, 0.15) is 33.1 Å². The molecule has 0 aromatic carbocycles. The van der Waals surface area contributed by atoms with E-state index in [1.165, 1.54) is 0 Å². The number of rotatable bonds is 2. The molecular weight excluding hydrogens is 154 g/mol. The number of carbonyl (C=O) groups is 1. The summed E-state index contributed by atoms with van der Waals surface area (Å²) >= 11 is 0. The van der Waals surface area contributed by atoms with Crippen LogP contribution in [0.3, 0.4) is 0 Å². The van der Waals surface area contributed by atoms with E-state index in [-0.39, 0.29) is 24.0 Å². The van der Waals surface area contributed by atoms with Gasteiger partial charge in [0.2, 0.25) is 0 Å². The molecule has 1 saturated carbocycles. The van der Waals surface area contributed by atoms with Gasteiger partial charge in [0, 0.05) is 6.04 Å². The van der Waals surface area contributed by atoms with Crippen LogP contribution in [0.4, 0.5) is 0 Å². The van der Waals surface area contributed by atoms with E-state index in [0.29, 0.717) is 0 Å². The van der Waals surface area contributed by atoms with E-state index in [2.05, 4.69) is 0 Å². The average molecular weight is 171 g/mol. The van der Waals surface area contributed by atoms with E-state index < -0.39 is 0 Å². The second kappa shape index (κ2) is 3.90. The van der Waals surface area contributed by atoms with Crippen LogP contribution < -0.4 is 5.73 Å². The fourth-order valence-electron chi connectivity index (χ4n) is 1.39. The van der Waals surface area contributed by atoms with Crippen molar-refractivity contribution in [1.82, 2.24) is 0 Å². The van der Waals surface area contributed by atoms with Gasteiger partial charge >= 0.3 is 5.97 Å². The van der Waals surface area contributed by atoms with Gasteiger partial charge in [-0.3, -0.25) is 4.79 Å². The maximum Gasteiger partial charge on any atom is 0.308 e. The Morgan fingerprint density at radius 3 is 2.58 bits per heavy atom. The van der Waals surface area contributed by atoms with Crippen LogP contribution in [0, 0.1) is 5.92 Å². The third-order valence-electron chi connectivity index (χ3n) is 2.24. The highest BCUT2D eigenvalue weighted by Crippen LogP contribution is 2.21. The Morgan fingerprint density at radius 1 is 1.50 bits per heavy atom. The Bertz CT molecular complexity index is 168. The van der Waals surface area contributed by atoms with Gasteiger partial charge in [0.1, 0.15) is 6.10 Å². The lowest BCUT2D eigenvalue weighted by Crippen LogP contribution is -2.34. The first-order valence-electron chi connectivity index (χ1n) is 4.57. The van der Waals surface area contributed by atoms with Gasteiger partial charge in [0.25, 0.3) is 0 Å². The highest BCUT2D eigenvalue weighted by atomic mass is 16.5. The number of hydrogen-bond donors (Lipinski definition) is 1. The Balaban J connectivity index is 2.35. The summed E-state index contributed by atoms with van der Waals surface area (Å²) in [5.74, 6) is -0.171. The van der Waals surface area contributed by atoms with Gasteiger partial charge in [0.05, 0.1) is 5.92 Å². The SMILES string of the molecule is CC(C)C(=O)OC1CCCC1N. The molecule has 0 saturated heterocycles. The van der Waals surface area contributed by atoms with E-state index in [1.807, 2.05) is 13.8 Å². The Morgan fingerprint density at radius 2 is 2.17 bits per heavy atom. The topological polar surface area (TPSA) is 52.3 Å². The maximum absolute atomic E-state index is 11.2. The van der Waals surface area contributed by atoms with Gasteiger partial charge in [-0.15, -0.1) is 0 Å². The summed E-state index contributed by atoms with van der Waals surface area (Å²) < 4.78 is 5.22. The summed E-state index contributed by atoms with van der Waals surface area (Å²) in [6.07, 6.45) is 2.97. The minimum atomic E-state index is -0.127. The zero-order chi connectivity index (χ0) is 9.14. The molecule has 3 heteroatoms. The van der Waals surface area contributed by atoms with Crippen LogP contribution in [0.15, 0.2) is 0 Å². The average Bonchev–Trinajstić information content (AvgIpc) is 2.36. The molecule has 0 radical (unpaired) electrons. The molecule has 70 valence electrons. The van der Waals surface area contributed by atoms with Crippen molar-refractivity contribution in [2.24, 2.45) is 11.7 Å². The molecule has 0 aromatic heterocycles. The predicted molar refractivity (Wildman–Crippen MR) is 46.5 cm³/mol. The molecule has 2 unspecified atom stereocenters. The minimum Gasteiger partial charge on any atom is -0.461 e. The molecule has 3 nitrogen and oxygen atoms in total. The van der Waals surface area contributed by atoms with Crippen molar-refractivity contribution in [2.45, 2.75) is 45.3 Å². The molecule has 2 atom stereocenters. The molecule has 1 rings (SSSR count). The van der Waals surface area contributed by atoms with Crippen molar-refractivity contribution >= 4 is 5.97 Å². The summed E-state index contributed by atoms with van der Waals surface area (Å²) in [6, 6.07) is 0.0627. The molecule has 0 amide bonds. The van der Waals surface area contributed by atoms with Crippen LogP contribution in [0.5, 0.6) is 0 Å². The van der Waals surface area contributed by atoms with Gasteiger partial charge in [-0.25, -0.2) is 0 Å². The van der Waals surface area contributed by atoms with Crippen LogP contribution in [-0.2, 0) is 9.53 Å².